The molecular weight excluding hydrogens is 300 g/mol. The summed E-state index contributed by atoms with van der Waals surface area (Å²) in [5.74, 6) is 2.69. The highest BCUT2D eigenvalue weighted by molar-refractivity contribution is 7.99. The number of amides is 1. The van der Waals surface area contributed by atoms with Crippen molar-refractivity contribution in [1.82, 2.24) is 10.2 Å². The van der Waals surface area contributed by atoms with Crippen molar-refractivity contribution >= 4 is 29.0 Å². The van der Waals surface area contributed by atoms with Crippen LogP contribution in [0.2, 0.25) is 0 Å². The van der Waals surface area contributed by atoms with Gasteiger partial charge in [-0.05, 0) is 49.8 Å². The molecule has 2 aliphatic rings. The van der Waals surface area contributed by atoms with E-state index >= 15 is 0 Å². The van der Waals surface area contributed by atoms with Crippen LogP contribution in [0.3, 0.4) is 0 Å². The van der Waals surface area contributed by atoms with Gasteiger partial charge in [0.15, 0.2) is 0 Å². The summed E-state index contributed by atoms with van der Waals surface area (Å²) in [7, 11) is 0. The number of thiophene rings is 1. The normalized spacial score (nSPS) is 27.5. The maximum Gasteiger partial charge on any atom is 0.241 e. The Kier molecular flexibility index (Phi) is 4.92. The zero-order chi connectivity index (χ0) is 14.8. The number of carbonyl (C=O) groups excluding carboxylic acids is 1. The molecule has 0 saturated carbocycles. The molecule has 3 nitrogen and oxygen atoms in total. The first-order valence-electron chi connectivity index (χ1n) is 7.93. The number of aryl methyl sites for hydroxylation is 1. The zero-order valence-electron chi connectivity index (χ0n) is 12.8. The van der Waals surface area contributed by atoms with E-state index in [1.165, 1.54) is 21.3 Å². The summed E-state index contributed by atoms with van der Waals surface area (Å²) in [5, 5.41) is 3.60. The fourth-order valence-electron chi connectivity index (χ4n) is 3.32. The second-order valence-electron chi connectivity index (χ2n) is 5.95. The third kappa shape index (κ3) is 3.15. The molecule has 2 aliphatic heterocycles. The maximum absolute atomic E-state index is 12.8. The lowest BCUT2D eigenvalue weighted by molar-refractivity contribution is -0.132. The molecular formula is C16H24N2OS2. The number of nitrogens with zero attached hydrogens (tertiary/aromatic N) is 1. The third-order valence-corrected chi connectivity index (χ3v) is 6.48. The molecule has 21 heavy (non-hydrogen) atoms. The van der Waals surface area contributed by atoms with E-state index in [0.29, 0.717) is 11.9 Å². The van der Waals surface area contributed by atoms with E-state index in [0.717, 1.165) is 25.7 Å². The Morgan fingerprint density at radius 1 is 1.33 bits per heavy atom. The summed E-state index contributed by atoms with van der Waals surface area (Å²) < 4.78 is 0. The van der Waals surface area contributed by atoms with E-state index < -0.39 is 0 Å². The number of thioether (sulfide) groups is 1. The van der Waals surface area contributed by atoms with Gasteiger partial charge in [0.05, 0.1) is 6.04 Å². The Bertz CT molecular complexity index is 496. The lowest BCUT2D eigenvalue weighted by Crippen LogP contribution is -2.42. The van der Waals surface area contributed by atoms with Crippen molar-refractivity contribution in [2.75, 3.05) is 11.5 Å². The van der Waals surface area contributed by atoms with Gasteiger partial charge in [0, 0.05) is 15.8 Å². The molecule has 116 valence electrons. The fraction of sp³-hybridized carbons (Fsp3) is 0.688. The highest BCUT2D eigenvalue weighted by atomic mass is 32.2. The molecule has 1 aromatic rings. The van der Waals surface area contributed by atoms with Gasteiger partial charge in [0.25, 0.3) is 0 Å². The number of nitrogens with one attached hydrogen (secondary N) is 1. The van der Waals surface area contributed by atoms with Crippen molar-refractivity contribution in [1.29, 1.82) is 0 Å². The first-order chi connectivity index (χ1) is 10.2. The number of rotatable bonds is 4. The predicted octanol–water partition coefficient (Wildman–Crippen LogP) is 3.55. The van der Waals surface area contributed by atoms with Crippen LogP contribution in [0.15, 0.2) is 12.1 Å². The molecule has 0 aliphatic carbocycles. The fourth-order valence-corrected chi connectivity index (χ4v) is 5.34. The van der Waals surface area contributed by atoms with E-state index in [4.69, 9.17) is 0 Å². The molecule has 3 rings (SSSR count). The van der Waals surface area contributed by atoms with Gasteiger partial charge < -0.3 is 4.90 Å². The van der Waals surface area contributed by atoms with E-state index in [1.54, 1.807) is 0 Å². The average Bonchev–Trinajstić information content (AvgIpc) is 3.05. The molecule has 2 unspecified atom stereocenters. The number of hydrogen-bond donors (Lipinski definition) is 1. The summed E-state index contributed by atoms with van der Waals surface area (Å²) in [6.07, 6.45) is 4.36. The first kappa shape index (κ1) is 15.4. The molecule has 0 radical (unpaired) electrons. The molecule has 3 heterocycles. The van der Waals surface area contributed by atoms with Crippen molar-refractivity contribution in [3.63, 3.8) is 0 Å². The standard InChI is InChI=1S/C16H24N2OS2/c1-3-4-13-16(19)18(12-7-9-20-10-8-12)15(17-13)14-6-5-11(2)21-14/h5-6,12-13,15,17H,3-4,7-10H2,1-2H3. The van der Waals surface area contributed by atoms with Crippen molar-refractivity contribution in [2.45, 2.75) is 57.8 Å². The quantitative estimate of drug-likeness (QED) is 0.919. The number of carbonyl (C=O) groups is 1. The monoisotopic (exact) mass is 324 g/mol. The summed E-state index contributed by atoms with van der Waals surface area (Å²) in [4.78, 5) is 17.6. The zero-order valence-corrected chi connectivity index (χ0v) is 14.4. The Morgan fingerprint density at radius 3 is 2.71 bits per heavy atom. The third-order valence-electron chi connectivity index (χ3n) is 4.38. The minimum atomic E-state index is 0.0111. The van der Waals surface area contributed by atoms with Gasteiger partial charge in [-0.1, -0.05) is 13.3 Å². The van der Waals surface area contributed by atoms with E-state index in [9.17, 15) is 4.79 Å². The van der Waals surface area contributed by atoms with Crippen LogP contribution in [-0.4, -0.2) is 34.4 Å². The van der Waals surface area contributed by atoms with Crippen LogP contribution in [0.1, 0.15) is 48.5 Å². The molecule has 1 N–H and O–H groups in total. The van der Waals surface area contributed by atoms with Crippen molar-refractivity contribution in [3.05, 3.63) is 21.9 Å². The SMILES string of the molecule is CCCC1NC(c2ccc(C)s2)N(C2CCSCC2)C1=O. The van der Waals surface area contributed by atoms with Gasteiger partial charge in [0.1, 0.15) is 6.17 Å². The molecule has 0 bridgehead atoms. The van der Waals surface area contributed by atoms with Crippen LogP contribution in [0.4, 0.5) is 0 Å². The summed E-state index contributed by atoms with van der Waals surface area (Å²) in [6.45, 7) is 4.29. The van der Waals surface area contributed by atoms with Gasteiger partial charge in [-0.15, -0.1) is 11.3 Å². The van der Waals surface area contributed by atoms with Crippen LogP contribution in [-0.2, 0) is 4.79 Å². The Morgan fingerprint density at radius 2 is 2.10 bits per heavy atom. The Hall–Kier alpha value is -0.520. The van der Waals surface area contributed by atoms with E-state index in [-0.39, 0.29) is 12.2 Å². The average molecular weight is 325 g/mol. The highest BCUT2D eigenvalue weighted by Gasteiger charge is 2.43. The smallest absolute Gasteiger partial charge is 0.241 e. The second kappa shape index (κ2) is 6.71. The molecule has 5 heteroatoms. The van der Waals surface area contributed by atoms with Gasteiger partial charge in [-0.25, -0.2) is 0 Å². The highest BCUT2D eigenvalue weighted by Crippen LogP contribution is 2.36. The van der Waals surface area contributed by atoms with Crippen LogP contribution in [0.5, 0.6) is 0 Å². The summed E-state index contributed by atoms with van der Waals surface area (Å²) >= 11 is 3.83. The molecule has 2 fully saturated rings. The van der Waals surface area contributed by atoms with E-state index in [1.807, 2.05) is 23.1 Å². The van der Waals surface area contributed by atoms with Crippen LogP contribution in [0, 0.1) is 6.92 Å². The van der Waals surface area contributed by atoms with Gasteiger partial charge in [-0.2, -0.15) is 11.8 Å². The lowest BCUT2D eigenvalue weighted by Gasteiger charge is -2.34. The minimum Gasteiger partial charge on any atom is -0.318 e. The number of hydrogen-bond acceptors (Lipinski definition) is 4. The lowest BCUT2D eigenvalue weighted by atomic mass is 10.1. The van der Waals surface area contributed by atoms with Gasteiger partial charge in [0.2, 0.25) is 5.91 Å². The molecule has 2 saturated heterocycles. The van der Waals surface area contributed by atoms with E-state index in [2.05, 4.69) is 36.2 Å². The summed E-state index contributed by atoms with van der Waals surface area (Å²) in [5.41, 5.74) is 0. The maximum atomic E-state index is 12.8. The first-order valence-corrected chi connectivity index (χ1v) is 9.90. The Labute approximate surface area is 135 Å². The molecule has 1 amide bonds. The topological polar surface area (TPSA) is 32.3 Å². The predicted molar refractivity (Wildman–Crippen MR) is 90.8 cm³/mol. The minimum absolute atomic E-state index is 0.0111. The molecule has 1 aromatic heterocycles. The second-order valence-corrected chi connectivity index (χ2v) is 8.49. The van der Waals surface area contributed by atoms with Crippen molar-refractivity contribution in [2.24, 2.45) is 0 Å². The molecule has 2 atom stereocenters. The van der Waals surface area contributed by atoms with Gasteiger partial charge >= 0.3 is 0 Å². The Balaban J connectivity index is 1.85. The van der Waals surface area contributed by atoms with Crippen LogP contribution < -0.4 is 5.32 Å². The molecule has 0 aromatic carbocycles. The molecule has 0 spiro atoms. The van der Waals surface area contributed by atoms with Crippen LogP contribution in [0.25, 0.3) is 0 Å². The van der Waals surface area contributed by atoms with Crippen molar-refractivity contribution < 1.29 is 4.79 Å². The van der Waals surface area contributed by atoms with Crippen LogP contribution >= 0.6 is 23.1 Å². The largest absolute Gasteiger partial charge is 0.318 e. The van der Waals surface area contributed by atoms with Crippen molar-refractivity contribution in [3.8, 4) is 0 Å². The summed E-state index contributed by atoms with van der Waals surface area (Å²) in [6, 6.07) is 4.77. The van der Waals surface area contributed by atoms with Gasteiger partial charge in [-0.3, -0.25) is 10.1 Å².